The number of nitrogens with zero attached hydrogens (tertiary/aromatic N) is 5. The van der Waals surface area contributed by atoms with Gasteiger partial charge in [-0.2, -0.15) is 5.10 Å². The normalized spacial score (nSPS) is 15.1. The van der Waals surface area contributed by atoms with Crippen molar-refractivity contribution in [2.24, 2.45) is 0 Å². The summed E-state index contributed by atoms with van der Waals surface area (Å²) in [6, 6.07) is 9.89. The second-order valence-corrected chi connectivity index (χ2v) is 9.91. The Kier molecular flexibility index (Phi) is 5.94. The molecule has 10 heteroatoms. The molecule has 0 saturated heterocycles. The van der Waals surface area contributed by atoms with Crippen molar-refractivity contribution < 1.29 is 9.53 Å². The monoisotopic (exact) mass is 499 g/mol. The molecular weight excluding hydrogens is 474 g/mol. The predicted molar refractivity (Wildman–Crippen MR) is 139 cm³/mol. The highest BCUT2D eigenvalue weighted by Crippen LogP contribution is 2.39. The van der Waals surface area contributed by atoms with Gasteiger partial charge in [0.2, 0.25) is 0 Å². The molecule has 0 saturated carbocycles. The molecule has 182 valence electrons. The number of aromatic amines is 1. The number of benzene rings is 1. The number of nitrogens with one attached hydrogen (secondary N) is 2. The summed E-state index contributed by atoms with van der Waals surface area (Å²) in [5.74, 6) is 0.797. The molecular formula is C26H25N7O2S. The molecule has 36 heavy (non-hydrogen) atoms. The molecule has 2 N–H and O–H groups in total. The summed E-state index contributed by atoms with van der Waals surface area (Å²) >= 11 is 1.66. The number of pyridine rings is 1. The minimum atomic E-state index is -0.277. The van der Waals surface area contributed by atoms with Crippen LogP contribution in [0, 0.1) is 0 Å². The van der Waals surface area contributed by atoms with E-state index in [4.69, 9.17) is 4.74 Å². The highest BCUT2D eigenvalue weighted by atomic mass is 32.1. The average Bonchev–Trinajstić information content (AvgIpc) is 3.52. The smallest absolute Gasteiger partial charge is 0.410 e. The molecule has 4 heterocycles. The number of amides is 1. The third kappa shape index (κ3) is 4.35. The van der Waals surface area contributed by atoms with Crippen molar-refractivity contribution >= 4 is 50.1 Å². The third-order valence-corrected chi connectivity index (χ3v) is 7.70. The zero-order valence-corrected chi connectivity index (χ0v) is 20.6. The molecule has 1 aromatic carbocycles. The van der Waals surface area contributed by atoms with Gasteiger partial charge in [-0.05, 0) is 61.2 Å². The van der Waals surface area contributed by atoms with E-state index in [0.717, 1.165) is 51.0 Å². The van der Waals surface area contributed by atoms with E-state index in [1.165, 1.54) is 10.4 Å². The average molecular weight is 500 g/mol. The van der Waals surface area contributed by atoms with Crippen molar-refractivity contribution in [3.8, 4) is 0 Å². The number of rotatable bonds is 6. The molecule has 0 bridgehead atoms. The second-order valence-electron chi connectivity index (χ2n) is 8.82. The van der Waals surface area contributed by atoms with Crippen LogP contribution in [0.3, 0.4) is 0 Å². The number of hydrogen-bond donors (Lipinski definition) is 2. The van der Waals surface area contributed by atoms with Gasteiger partial charge in [0, 0.05) is 47.9 Å². The van der Waals surface area contributed by atoms with Crippen LogP contribution in [-0.2, 0) is 24.1 Å². The van der Waals surface area contributed by atoms with Crippen LogP contribution in [0.4, 0.5) is 16.3 Å². The Morgan fingerprint density at radius 2 is 2.14 bits per heavy atom. The lowest BCUT2D eigenvalue weighted by molar-refractivity contribution is 0.0565. The van der Waals surface area contributed by atoms with E-state index in [1.807, 2.05) is 37.3 Å². The Hall–Kier alpha value is -4.05. The maximum atomic E-state index is 12.9. The molecule has 6 rings (SSSR count). The van der Waals surface area contributed by atoms with Gasteiger partial charge in [0.1, 0.15) is 23.1 Å². The highest BCUT2D eigenvalue weighted by molar-refractivity contribution is 7.19. The lowest BCUT2D eigenvalue weighted by atomic mass is 9.94. The van der Waals surface area contributed by atoms with Crippen LogP contribution in [0.25, 0.3) is 21.1 Å². The maximum absolute atomic E-state index is 12.9. The van der Waals surface area contributed by atoms with Gasteiger partial charge in [-0.1, -0.05) is 0 Å². The quantitative estimate of drug-likeness (QED) is 0.330. The first-order valence-electron chi connectivity index (χ1n) is 12.0. The molecule has 1 aliphatic rings. The summed E-state index contributed by atoms with van der Waals surface area (Å²) in [6.07, 6.45) is 8.72. The summed E-state index contributed by atoms with van der Waals surface area (Å²) in [7, 11) is 0. The van der Waals surface area contributed by atoms with E-state index in [-0.39, 0.29) is 12.2 Å². The van der Waals surface area contributed by atoms with Gasteiger partial charge in [0.05, 0.1) is 17.1 Å². The highest BCUT2D eigenvalue weighted by Gasteiger charge is 2.28. The number of ether oxygens (including phenoxy) is 1. The summed E-state index contributed by atoms with van der Waals surface area (Å²) in [4.78, 5) is 29.9. The van der Waals surface area contributed by atoms with Gasteiger partial charge in [0.25, 0.3) is 0 Å². The second kappa shape index (κ2) is 9.54. The number of thiophene rings is 1. The Morgan fingerprint density at radius 1 is 1.25 bits per heavy atom. The van der Waals surface area contributed by atoms with Crippen molar-refractivity contribution in [1.82, 2.24) is 30.0 Å². The number of hydrogen-bond acceptors (Lipinski definition) is 8. The van der Waals surface area contributed by atoms with Crippen LogP contribution in [0.5, 0.6) is 0 Å². The van der Waals surface area contributed by atoms with Crippen LogP contribution in [-0.4, -0.2) is 48.8 Å². The molecule has 0 fully saturated rings. The van der Waals surface area contributed by atoms with E-state index >= 15 is 0 Å². The molecule has 0 spiro atoms. The van der Waals surface area contributed by atoms with Crippen molar-refractivity contribution in [2.75, 3.05) is 11.9 Å². The van der Waals surface area contributed by atoms with Gasteiger partial charge in [-0.15, -0.1) is 11.3 Å². The van der Waals surface area contributed by atoms with Gasteiger partial charge >= 0.3 is 6.09 Å². The molecule has 5 aromatic rings. The fraction of sp³-hybridized carbons (Fsp3) is 0.269. The largest absolute Gasteiger partial charge is 0.446 e. The lowest BCUT2D eigenvalue weighted by Crippen LogP contribution is -2.35. The fourth-order valence-electron chi connectivity index (χ4n) is 4.66. The van der Waals surface area contributed by atoms with E-state index in [0.29, 0.717) is 19.5 Å². The summed E-state index contributed by atoms with van der Waals surface area (Å²) in [5, 5.41) is 12.6. The topological polar surface area (TPSA) is 109 Å². The minimum Gasteiger partial charge on any atom is -0.446 e. The number of aromatic nitrogens is 5. The minimum absolute atomic E-state index is 0.155. The fourth-order valence-corrected chi connectivity index (χ4v) is 5.92. The molecule has 1 atom stereocenters. The number of H-pyrrole nitrogens is 1. The molecule has 9 nitrogen and oxygen atoms in total. The SMILES string of the molecule is CCN(Cc1ccncc1)C(=O)OC1CCc2c(sc3ncnc(Nc4ccc5[nH]ncc5c4)c23)C1. The van der Waals surface area contributed by atoms with Gasteiger partial charge in [0.15, 0.2) is 0 Å². The number of aryl methyl sites for hydroxylation is 1. The number of carbonyl (C=O) groups is 1. The standard InChI is InChI=1S/C26H25N7O2S/c1-2-33(14-16-7-9-27-10-8-16)26(34)35-19-4-5-20-22(12-19)36-25-23(20)24(28-15-29-25)31-18-3-6-21-17(11-18)13-30-32-21/h3,6-11,13,15,19H,2,4-5,12,14H2,1H3,(H,30,32)(H,28,29,31). The Morgan fingerprint density at radius 3 is 3.00 bits per heavy atom. The van der Waals surface area contributed by atoms with E-state index in [2.05, 4.69) is 30.5 Å². The Labute approximate surface area is 211 Å². The van der Waals surface area contributed by atoms with Crippen molar-refractivity contribution in [3.05, 3.63) is 71.3 Å². The van der Waals surface area contributed by atoms with Gasteiger partial charge in [-0.25, -0.2) is 14.8 Å². The lowest BCUT2D eigenvalue weighted by Gasteiger charge is -2.27. The molecule has 0 radical (unpaired) electrons. The molecule has 1 unspecified atom stereocenters. The van der Waals surface area contributed by atoms with Crippen LogP contribution < -0.4 is 5.32 Å². The van der Waals surface area contributed by atoms with Gasteiger partial charge < -0.3 is 15.0 Å². The first-order valence-corrected chi connectivity index (χ1v) is 12.8. The van der Waals surface area contributed by atoms with Crippen molar-refractivity contribution in [2.45, 2.75) is 38.8 Å². The molecule has 4 aromatic heterocycles. The van der Waals surface area contributed by atoms with Crippen LogP contribution in [0.2, 0.25) is 0 Å². The number of fused-ring (bicyclic) bond motifs is 4. The summed E-state index contributed by atoms with van der Waals surface area (Å²) < 4.78 is 5.95. The predicted octanol–water partition coefficient (Wildman–Crippen LogP) is 5.22. The Bertz CT molecular complexity index is 1530. The van der Waals surface area contributed by atoms with Crippen LogP contribution in [0.1, 0.15) is 29.3 Å². The van der Waals surface area contributed by atoms with E-state index in [9.17, 15) is 4.79 Å². The van der Waals surface area contributed by atoms with Crippen LogP contribution >= 0.6 is 11.3 Å². The molecule has 0 aliphatic heterocycles. The zero-order valence-electron chi connectivity index (χ0n) is 19.8. The number of anilines is 2. The first-order chi connectivity index (χ1) is 17.7. The van der Waals surface area contributed by atoms with Crippen molar-refractivity contribution in [1.29, 1.82) is 0 Å². The zero-order chi connectivity index (χ0) is 24.5. The summed E-state index contributed by atoms with van der Waals surface area (Å²) in [6.45, 7) is 3.05. The number of carbonyl (C=O) groups excluding carboxylic acids is 1. The van der Waals surface area contributed by atoms with E-state index in [1.54, 1.807) is 41.2 Å². The maximum Gasteiger partial charge on any atom is 0.410 e. The van der Waals surface area contributed by atoms with Crippen LogP contribution in [0.15, 0.2) is 55.2 Å². The van der Waals surface area contributed by atoms with E-state index < -0.39 is 0 Å². The first kappa shape index (κ1) is 22.4. The van der Waals surface area contributed by atoms with Crippen molar-refractivity contribution in [3.63, 3.8) is 0 Å². The Balaban J connectivity index is 1.19. The third-order valence-electron chi connectivity index (χ3n) is 6.53. The van der Waals surface area contributed by atoms with Gasteiger partial charge in [-0.3, -0.25) is 10.1 Å². The molecule has 1 amide bonds. The molecule has 1 aliphatic carbocycles. The summed E-state index contributed by atoms with van der Waals surface area (Å²) in [5.41, 5.74) is 4.22.